The Morgan fingerprint density at radius 3 is 1.58 bits per heavy atom. The largest absolute Gasteiger partial charge is 0.640 e. The van der Waals surface area contributed by atoms with Crippen LogP contribution in [0.2, 0.25) is 0 Å². The summed E-state index contributed by atoms with van der Waals surface area (Å²) in [5.74, 6) is 0. The topological polar surface area (TPSA) is 46.2 Å². The molecule has 0 aromatic carbocycles. The highest BCUT2D eigenvalue weighted by Gasteiger charge is 2.62. The van der Waals surface area contributed by atoms with E-state index in [1.165, 1.54) is 0 Å². The van der Waals surface area contributed by atoms with Crippen molar-refractivity contribution in [1.82, 2.24) is 0 Å². The van der Waals surface area contributed by atoms with Gasteiger partial charge < -0.3 is 23.3 Å². The van der Waals surface area contributed by atoms with Crippen LogP contribution >= 0.6 is 0 Å². The van der Waals surface area contributed by atoms with Crippen molar-refractivity contribution in [3.8, 4) is 0 Å². The van der Waals surface area contributed by atoms with Gasteiger partial charge in [-0.2, -0.15) is 0 Å². The fraction of sp³-hybridized carbons (Fsp3) is 1.00. The maximum atomic E-state index is 6.39. The van der Waals surface area contributed by atoms with Crippen LogP contribution in [0, 0.1) is 0 Å². The zero-order chi connectivity index (χ0) is 20.0. The van der Waals surface area contributed by atoms with Crippen molar-refractivity contribution in [2.45, 2.75) is 123 Å². The first-order chi connectivity index (χ1) is 11.7. The van der Waals surface area contributed by atoms with E-state index in [1.807, 2.05) is 27.7 Å². The molecule has 0 aromatic heterocycles. The molecule has 0 aromatic rings. The third-order valence-electron chi connectivity index (χ3n) is 6.63. The monoisotopic (exact) mass is 368 g/mol. The summed E-state index contributed by atoms with van der Waals surface area (Å²) < 4.78 is 31.2. The van der Waals surface area contributed by atoms with Crippen LogP contribution < -0.4 is 0 Å². The van der Waals surface area contributed by atoms with Crippen LogP contribution in [0.15, 0.2) is 0 Å². The zero-order valence-corrected chi connectivity index (χ0v) is 18.5. The summed E-state index contributed by atoms with van der Waals surface area (Å²) in [5.41, 5.74) is -2.32. The molecule has 2 heterocycles. The normalized spacial score (nSPS) is 28.4. The first kappa shape index (κ1) is 22.2. The Morgan fingerprint density at radius 2 is 1.15 bits per heavy atom. The molecule has 0 radical (unpaired) electrons. The second-order valence-corrected chi connectivity index (χ2v) is 10.0. The third-order valence-corrected chi connectivity index (χ3v) is 6.63. The molecule has 2 saturated heterocycles. The van der Waals surface area contributed by atoms with E-state index in [2.05, 4.69) is 41.5 Å². The molecular formula is C19H38B2O5. The van der Waals surface area contributed by atoms with Crippen molar-refractivity contribution in [2.24, 2.45) is 0 Å². The minimum atomic E-state index is -0.731. The fourth-order valence-corrected chi connectivity index (χ4v) is 3.11. The average Bonchev–Trinajstić information content (AvgIpc) is 2.78. The average molecular weight is 368 g/mol. The molecule has 1 unspecified atom stereocenters. The van der Waals surface area contributed by atoms with Gasteiger partial charge in [-0.05, 0) is 68.7 Å². The molecule has 2 rings (SSSR count). The van der Waals surface area contributed by atoms with Gasteiger partial charge in [0, 0.05) is 0 Å². The van der Waals surface area contributed by atoms with Gasteiger partial charge in [0.05, 0.1) is 27.9 Å². The second kappa shape index (κ2) is 7.07. The van der Waals surface area contributed by atoms with Crippen LogP contribution in [-0.4, -0.2) is 42.3 Å². The van der Waals surface area contributed by atoms with E-state index in [1.54, 1.807) is 0 Å². The Morgan fingerprint density at radius 1 is 0.731 bits per heavy atom. The highest BCUT2D eigenvalue weighted by atomic mass is 16.8. The van der Waals surface area contributed by atoms with Crippen molar-refractivity contribution in [2.75, 3.05) is 0 Å². The van der Waals surface area contributed by atoms with Gasteiger partial charge in [0.1, 0.15) is 0 Å². The van der Waals surface area contributed by atoms with Gasteiger partial charge in [-0.15, -0.1) is 0 Å². The quantitative estimate of drug-likeness (QED) is 0.487. The predicted octanol–water partition coefficient (Wildman–Crippen LogP) is 4.56. The maximum absolute atomic E-state index is 6.39. The molecule has 1 atom stereocenters. The van der Waals surface area contributed by atoms with Crippen LogP contribution in [0.25, 0.3) is 0 Å². The molecule has 5 nitrogen and oxygen atoms in total. The van der Waals surface area contributed by atoms with E-state index >= 15 is 0 Å². The summed E-state index contributed by atoms with van der Waals surface area (Å²) in [6.07, 6.45) is 4.15. The Kier molecular flexibility index (Phi) is 6.04. The van der Waals surface area contributed by atoms with Crippen LogP contribution in [0.5, 0.6) is 0 Å². The summed E-state index contributed by atoms with van der Waals surface area (Å²) in [6.45, 7) is 20.6. The van der Waals surface area contributed by atoms with Crippen molar-refractivity contribution in [3.63, 3.8) is 0 Å². The third kappa shape index (κ3) is 4.17. The lowest BCUT2D eigenvalue weighted by molar-refractivity contribution is 0.00578. The van der Waals surface area contributed by atoms with Crippen molar-refractivity contribution < 1.29 is 23.3 Å². The Balaban J connectivity index is 2.18. The molecule has 26 heavy (non-hydrogen) atoms. The van der Waals surface area contributed by atoms with Crippen LogP contribution in [0.4, 0.5) is 0 Å². The van der Waals surface area contributed by atoms with Crippen LogP contribution in [-0.2, 0) is 23.3 Å². The Bertz CT molecular complexity index is 474. The minimum absolute atomic E-state index is 0.400. The number of hydrogen-bond acceptors (Lipinski definition) is 5. The smallest absolute Gasteiger partial charge is 0.401 e. The van der Waals surface area contributed by atoms with E-state index in [9.17, 15) is 0 Å². The zero-order valence-electron chi connectivity index (χ0n) is 18.5. The van der Waals surface area contributed by atoms with Crippen molar-refractivity contribution in [3.05, 3.63) is 0 Å². The second-order valence-electron chi connectivity index (χ2n) is 10.0. The minimum Gasteiger partial charge on any atom is -0.401 e. The van der Waals surface area contributed by atoms with Crippen molar-refractivity contribution in [1.29, 1.82) is 0 Å². The first-order valence-electron chi connectivity index (χ1n) is 10.0. The van der Waals surface area contributed by atoms with Gasteiger partial charge >= 0.3 is 14.4 Å². The highest BCUT2D eigenvalue weighted by Crippen LogP contribution is 2.44. The summed E-state index contributed by atoms with van der Waals surface area (Å²) in [4.78, 5) is 0. The van der Waals surface area contributed by atoms with Crippen LogP contribution in [0.1, 0.15) is 94.9 Å². The molecular weight excluding hydrogens is 330 g/mol. The van der Waals surface area contributed by atoms with Gasteiger partial charge in [-0.25, -0.2) is 0 Å². The molecule has 0 bridgehead atoms. The van der Waals surface area contributed by atoms with E-state index in [0.29, 0.717) is 0 Å². The number of hydrogen-bond donors (Lipinski definition) is 0. The van der Waals surface area contributed by atoms with E-state index in [0.717, 1.165) is 25.7 Å². The van der Waals surface area contributed by atoms with Gasteiger partial charge in [-0.3, -0.25) is 0 Å². The first-order valence-corrected chi connectivity index (χ1v) is 10.0. The number of unbranched alkanes of at least 4 members (excludes halogenated alkanes) is 2. The molecule has 0 saturated carbocycles. The lowest BCUT2D eigenvalue weighted by atomic mass is 9.64. The molecule has 2 aliphatic heterocycles. The molecule has 2 aliphatic rings. The summed E-state index contributed by atoms with van der Waals surface area (Å²) >= 11 is 0. The number of rotatable bonds is 7. The molecule has 0 amide bonds. The molecule has 0 aliphatic carbocycles. The fourth-order valence-electron chi connectivity index (χ4n) is 3.11. The van der Waals surface area contributed by atoms with E-state index < -0.39 is 42.3 Å². The summed E-state index contributed by atoms with van der Waals surface area (Å²) in [7, 11) is -1.20. The molecule has 7 heteroatoms. The molecule has 0 spiro atoms. The Hall–Kier alpha value is -0.0701. The maximum Gasteiger partial charge on any atom is 0.640 e. The predicted molar refractivity (Wildman–Crippen MR) is 106 cm³/mol. The highest BCUT2D eigenvalue weighted by molar-refractivity contribution is 6.51. The summed E-state index contributed by atoms with van der Waals surface area (Å²) in [6, 6.07) is 0. The lowest BCUT2D eigenvalue weighted by Crippen LogP contribution is -2.52. The van der Waals surface area contributed by atoms with E-state index in [4.69, 9.17) is 23.3 Å². The van der Waals surface area contributed by atoms with Gasteiger partial charge in [0.25, 0.3) is 0 Å². The van der Waals surface area contributed by atoms with Gasteiger partial charge in [0.15, 0.2) is 0 Å². The molecule has 0 N–H and O–H groups in total. The Labute approximate surface area is 161 Å². The van der Waals surface area contributed by atoms with Crippen molar-refractivity contribution >= 4 is 14.4 Å². The van der Waals surface area contributed by atoms with Gasteiger partial charge in [-0.1, -0.05) is 26.2 Å². The van der Waals surface area contributed by atoms with E-state index in [-0.39, 0.29) is 0 Å². The molecule has 2 fully saturated rings. The van der Waals surface area contributed by atoms with Crippen LogP contribution in [0.3, 0.4) is 0 Å². The molecule has 150 valence electrons. The standard InChI is InChI=1S/C19H38B2O5/c1-11-12-13-14-19(10,20-22-15(2,3)16(4,5)23-20)26-21-24-17(6,7)18(8,9)25-21/h11-14H2,1-10H3. The van der Waals surface area contributed by atoms with Gasteiger partial charge in [0.2, 0.25) is 0 Å². The SMILES string of the molecule is CCCCCC(C)(OB1OC(C)(C)C(C)(C)O1)B1OC(C)(C)C(C)(C)O1. The lowest BCUT2D eigenvalue weighted by Gasteiger charge is -2.33. The summed E-state index contributed by atoms with van der Waals surface area (Å²) in [5, 5.41) is 0.